The van der Waals surface area contributed by atoms with Crippen molar-refractivity contribution in [3.8, 4) is 11.3 Å². The molecule has 2 aromatic heterocycles. The number of aromatic nitrogens is 2. The third-order valence-corrected chi connectivity index (χ3v) is 9.24. The monoisotopic (exact) mass is 469 g/mol. The van der Waals surface area contributed by atoms with E-state index >= 15 is 0 Å². The van der Waals surface area contributed by atoms with Gasteiger partial charge < -0.3 is 5.32 Å². The number of thioether (sulfide) groups is 1. The lowest BCUT2D eigenvalue weighted by molar-refractivity contribution is 0.102. The second-order valence-electron chi connectivity index (χ2n) is 7.39. The Labute approximate surface area is 188 Å². The van der Waals surface area contributed by atoms with Crippen molar-refractivity contribution in [2.24, 2.45) is 0 Å². The van der Waals surface area contributed by atoms with Gasteiger partial charge in [-0.05, 0) is 30.7 Å². The van der Waals surface area contributed by atoms with E-state index in [1.165, 1.54) is 11.8 Å². The Morgan fingerprint density at radius 2 is 1.97 bits per heavy atom. The Kier molecular flexibility index (Phi) is 5.33. The lowest BCUT2D eigenvalue weighted by atomic mass is 10.1. The number of hydrogen-bond acceptors (Lipinski definition) is 6. The Morgan fingerprint density at radius 1 is 1.16 bits per heavy atom. The summed E-state index contributed by atoms with van der Waals surface area (Å²) < 4.78 is 25.5. The molecule has 2 aromatic carbocycles. The largest absolute Gasteiger partial charge is 0.322 e. The van der Waals surface area contributed by atoms with E-state index < -0.39 is 9.84 Å². The van der Waals surface area contributed by atoms with Crippen molar-refractivity contribution >= 4 is 49.5 Å². The second-order valence-corrected chi connectivity index (χ2v) is 11.8. The summed E-state index contributed by atoms with van der Waals surface area (Å²) in [6, 6.07) is 14.9. The van der Waals surface area contributed by atoms with Gasteiger partial charge in [0.2, 0.25) is 0 Å². The third kappa shape index (κ3) is 4.39. The minimum absolute atomic E-state index is 0.0113. The van der Waals surface area contributed by atoms with Crippen molar-refractivity contribution in [1.82, 2.24) is 9.38 Å². The normalized spacial score (nSPS) is 17.7. The number of carbonyl (C=O) groups excluding carboxylic acids is 1. The molecule has 1 atom stereocenters. The van der Waals surface area contributed by atoms with Crippen LogP contribution < -0.4 is 5.32 Å². The summed E-state index contributed by atoms with van der Waals surface area (Å²) >= 11 is 3.06. The molecular weight excluding hydrogens is 450 g/mol. The number of thiazole rings is 1. The molecule has 1 N–H and O–H groups in total. The lowest BCUT2D eigenvalue weighted by Crippen LogP contribution is -2.14. The van der Waals surface area contributed by atoms with E-state index in [2.05, 4.69) is 10.3 Å². The van der Waals surface area contributed by atoms with Gasteiger partial charge in [-0.25, -0.2) is 13.4 Å². The number of hydrogen-bond donors (Lipinski definition) is 1. The number of sulfone groups is 1. The van der Waals surface area contributed by atoms with Gasteiger partial charge in [-0.2, -0.15) is 0 Å². The summed E-state index contributed by atoms with van der Waals surface area (Å²) in [5.41, 5.74) is 3.11. The van der Waals surface area contributed by atoms with E-state index in [-0.39, 0.29) is 22.7 Å². The molecule has 1 aliphatic rings. The standard InChI is InChI=1S/C22H19N3O3S3/c26-21(18-3-1-2-4-20(18)30-17-9-12-31(27,28)14-17)23-16-7-5-15(6-8-16)19-13-25-10-11-29-22(25)24-19/h1-8,10-11,13,17H,9,12,14H2,(H,23,26)/t17-/m0/s1. The van der Waals surface area contributed by atoms with Crippen molar-refractivity contribution in [3.63, 3.8) is 0 Å². The average Bonchev–Trinajstić information content (AvgIpc) is 3.44. The summed E-state index contributed by atoms with van der Waals surface area (Å²) in [5, 5.41) is 4.93. The molecule has 158 valence electrons. The summed E-state index contributed by atoms with van der Waals surface area (Å²) in [4.78, 5) is 19.3. The van der Waals surface area contributed by atoms with E-state index in [1.54, 1.807) is 17.4 Å². The molecule has 1 aliphatic heterocycles. The summed E-state index contributed by atoms with van der Waals surface area (Å²) in [7, 11) is -2.96. The first kappa shape index (κ1) is 20.3. The Balaban J connectivity index is 1.30. The van der Waals surface area contributed by atoms with Gasteiger partial charge in [-0.3, -0.25) is 9.20 Å². The van der Waals surface area contributed by atoms with Crippen LogP contribution in [0.5, 0.6) is 0 Å². The fourth-order valence-corrected chi connectivity index (χ4v) is 7.91. The maximum atomic E-state index is 12.9. The molecule has 4 aromatic rings. The molecule has 3 heterocycles. The number of fused-ring (bicyclic) bond motifs is 1. The van der Waals surface area contributed by atoms with Crippen molar-refractivity contribution in [3.05, 3.63) is 71.9 Å². The lowest BCUT2D eigenvalue weighted by Gasteiger charge is -2.13. The van der Waals surface area contributed by atoms with Crippen molar-refractivity contribution < 1.29 is 13.2 Å². The maximum absolute atomic E-state index is 12.9. The molecule has 1 saturated heterocycles. The topological polar surface area (TPSA) is 80.5 Å². The smallest absolute Gasteiger partial charge is 0.256 e. The van der Waals surface area contributed by atoms with Crippen molar-refractivity contribution in [2.45, 2.75) is 16.6 Å². The Bertz CT molecular complexity index is 1330. The van der Waals surface area contributed by atoms with Crippen molar-refractivity contribution in [2.75, 3.05) is 16.8 Å². The minimum atomic E-state index is -2.96. The molecule has 6 nitrogen and oxygen atoms in total. The summed E-state index contributed by atoms with van der Waals surface area (Å²) in [6.45, 7) is 0. The number of carbonyl (C=O) groups is 1. The molecule has 1 fully saturated rings. The van der Waals surface area contributed by atoms with Gasteiger partial charge in [0.1, 0.15) is 0 Å². The molecule has 0 saturated carbocycles. The second kappa shape index (κ2) is 8.14. The molecular formula is C22H19N3O3S3. The zero-order valence-electron chi connectivity index (χ0n) is 16.4. The van der Waals surface area contributed by atoms with Crippen LogP contribution >= 0.6 is 23.1 Å². The summed E-state index contributed by atoms with van der Waals surface area (Å²) in [6.07, 6.45) is 4.58. The summed E-state index contributed by atoms with van der Waals surface area (Å²) in [5.74, 6) is 0.181. The van der Waals surface area contributed by atoms with Crippen LogP contribution in [-0.2, 0) is 9.84 Å². The van der Waals surface area contributed by atoms with Gasteiger partial charge in [0.15, 0.2) is 14.8 Å². The number of nitrogens with one attached hydrogen (secondary N) is 1. The van der Waals surface area contributed by atoms with Gasteiger partial charge in [0.05, 0.1) is 22.8 Å². The minimum Gasteiger partial charge on any atom is -0.322 e. The van der Waals surface area contributed by atoms with Crippen LogP contribution in [0.2, 0.25) is 0 Å². The molecule has 0 unspecified atom stereocenters. The molecule has 5 rings (SSSR count). The van der Waals surface area contributed by atoms with Gasteiger partial charge in [-0.1, -0.05) is 24.3 Å². The van der Waals surface area contributed by atoms with E-state index in [1.807, 2.05) is 64.6 Å². The fourth-order valence-electron chi connectivity index (χ4n) is 3.58. The highest BCUT2D eigenvalue weighted by atomic mass is 32.2. The van der Waals surface area contributed by atoms with Gasteiger partial charge in [0.25, 0.3) is 5.91 Å². The van der Waals surface area contributed by atoms with E-state index in [4.69, 9.17) is 0 Å². The van der Waals surface area contributed by atoms with Crippen LogP contribution in [0.15, 0.2) is 71.2 Å². The highest BCUT2D eigenvalue weighted by Gasteiger charge is 2.29. The van der Waals surface area contributed by atoms with E-state index in [9.17, 15) is 13.2 Å². The molecule has 31 heavy (non-hydrogen) atoms. The number of amides is 1. The number of anilines is 1. The van der Waals surface area contributed by atoms with Crippen LogP contribution in [0.25, 0.3) is 16.2 Å². The predicted molar refractivity (Wildman–Crippen MR) is 126 cm³/mol. The number of benzene rings is 2. The number of imidazole rings is 1. The van der Waals surface area contributed by atoms with Gasteiger partial charge >= 0.3 is 0 Å². The highest BCUT2D eigenvalue weighted by molar-refractivity contribution is 8.02. The Morgan fingerprint density at radius 3 is 2.71 bits per heavy atom. The third-order valence-electron chi connectivity index (χ3n) is 5.15. The van der Waals surface area contributed by atoms with E-state index in [0.29, 0.717) is 17.7 Å². The first-order chi connectivity index (χ1) is 15.0. The quantitative estimate of drug-likeness (QED) is 0.462. The van der Waals surface area contributed by atoms with Crippen LogP contribution in [0.4, 0.5) is 5.69 Å². The van der Waals surface area contributed by atoms with Gasteiger partial charge in [0, 0.05) is 39.2 Å². The van der Waals surface area contributed by atoms with Crippen LogP contribution in [-0.4, -0.2) is 40.5 Å². The molecule has 0 aliphatic carbocycles. The molecule has 0 radical (unpaired) electrons. The number of nitrogens with zero attached hydrogens (tertiary/aromatic N) is 2. The highest BCUT2D eigenvalue weighted by Crippen LogP contribution is 2.33. The molecule has 9 heteroatoms. The fraction of sp³-hybridized carbons (Fsp3) is 0.182. The first-order valence-electron chi connectivity index (χ1n) is 9.77. The number of rotatable bonds is 5. The zero-order valence-corrected chi connectivity index (χ0v) is 18.8. The maximum Gasteiger partial charge on any atom is 0.256 e. The average molecular weight is 470 g/mol. The van der Waals surface area contributed by atoms with Crippen LogP contribution in [0.3, 0.4) is 0 Å². The Hall–Kier alpha value is -2.62. The van der Waals surface area contributed by atoms with Crippen LogP contribution in [0.1, 0.15) is 16.8 Å². The van der Waals surface area contributed by atoms with Crippen molar-refractivity contribution in [1.29, 1.82) is 0 Å². The predicted octanol–water partition coefficient (Wildman–Crippen LogP) is 4.59. The van der Waals surface area contributed by atoms with E-state index in [0.717, 1.165) is 21.1 Å². The molecule has 0 bridgehead atoms. The molecule has 1 amide bonds. The van der Waals surface area contributed by atoms with Gasteiger partial charge in [-0.15, -0.1) is 23.1 Å². The molecule has 0 spiro atoms. The van der Waals surface area contributed by atoms with Crippen LogP contribution in [0, 0.1) is 0 Å². The zero-order chi connectivity index (χ0) is 21.4. The SMILES string of the molecule is O=C(Nc1ccc(-c2cn3ccsc3n2)cc1)c1ccccc1S[C@H]1CCS(=O)(=O)C1. The first-order valence-corrected chi connectivity index (χ1v) is 13.3.